The molecule has 2 aromatic carbocycles. The topological polar surface area (TPSA) is 116 Å². The molecule has 0 fully saturated rings. The summed E-state index contributed by atoms with van der Waals surface area (Å²) in [5, 5.41) is 25.2. The highest BCUT2D eigenvalue weighted by atomic mass is 16.3. The second-order valence-electron chi connectivity index (χ2n) is 10.9. The van der Waals surface area contributed by atoms with Crippen molar-refractivity contribution in [2.75, 3.05) is 19.6 Å². The van der Waals surface area contributed by atoms with E-state index < -0.39 is 22.8 Å². The average Bonchev–Trinajstić information content (AvgIpc) is 2.93. The van der Waals surface area contributed by atoms with E-state index in [1.54, 1.807) is 18.2 Å². The van der Waals surface area contributed by atoms with E-state index in [0.29, 0.717) is 38.9 Å². The number of aromatic hydroxyl groups is 1. The number of aliphatic hydroxyl groups is 1. The average molecular weight is 536 g/mol. The number of rotatable bonds is 14. The van der Waals surface area contributed by atoms with Crippen LogP contribution < -0.4 is 11.1 Å². The van der Waals surface area contributed by atoms with Crippen molar-refractivity contribution >= 4 is 11.8 Å². The summed E-state index contributed by atoms with van der Waals surface area (Å²) in [5.41, 5.74) is 5.41. The van der Waals surface area contributed by atoms with Crippen LogP contribution in [0.4, 0.5) is 0 Å². The van der Waals surface area contributed by atoms with Crippen LogP contribution in [0.5, 0.6) is 5.75 Å². The Hall–Kier alpha value is -3.16. The Kier molecular flexibility index (Phi) is 10.7. The highest BCUT2D eigenvalue weighted by Gasteiger charge is 2.58. The van der Waals surface area contributed by atoms with Crippen LogP contribution in [0.1, 0.15) is 70.0 Å². The number of nitrogens with two attached hydrogens (primary N) is 1. The summed E-state index contributed by atoms with van der Waals surface area (Å²) >= 11 is 0. The number of phenolic OH excluding ortho intramolecular Hbond substituents is 1. The quantitative estimate of drug-likeness (QED) is 0.210. The summed E-state index contributed by atoms with van der Waals surface area (Å²) in [7, 11) is 0. The number of hydrogen-bond donors (Lipinski definition) is 4. The van der Waals surface area contributed by atoms with Crippen LogP contribution in [0.3, 0.4) is 0 Å². The van der Waals surface area contributed by atoms with Gasteiger partial charge in [-0.25, -0.2) is 0 Å². The molecule has 0 bridgehead atoms. The van der Waals surface area contributed by atoms with Gasteiger partial charge in [-0.3, -0.25) is 9.59 Å². The molecule has 212 valence electrons. The van der Waals surface area contributed by atoms with Gasteiger partial charge < -0.3 is 26.2 Å². The second kappa shape index (κ2) is 13.8. The molecule has 1 aliphatic rings. The monoisotopic (exact) mass is 535 g/mol. The Morgan fingerprint density at radius 2 is 1.72 bits per heavy atom. The zero-order valence-corrected chi connectivity index (χ0v) is 23.6. The summed E-state index contributed by atoms with van der Waals surface area (Å²) in [6.45, 7) is 7.95. The third kappa shape index (κ3) is 6.89. The Morgan fingerprint density at radius 3 is 2.31 bits per heavy atom. The van der Waals surface area contributed by atoms with Gasteiger partial charge in [0.15, 0.2) is 0 Å². The summed E-state index contributed by atoms with van der Waals surface area (Å²) in [6, 6.07) is 16.7. The minimum absolute atomic E-state index is 0.0490. The van der Waals surface area contributed by atoms with Gasteiger partial charge in [0.25, 0.3) is 0 Å². The van der Waals surface area contributed by atoms with Crippen LogP contribution in [0.25, 0.3) is 0 Å². The molecule has 0 spiro atoms. The molecular weight excluding hydrogens is 490 g/mol. The molecule has 0 saturated heterocycles. The molecule has 0 saturated carbocycles. The maximum atomic E-state index is 14.3. The molecule has 3 rings (SSSR count). The van der Waals surface area contributed by atoms with Crippen LogP contribution in [0.2, 0.25) is 0 Å². The number of nitrogens with zero attached hydrogens (tertiary/aromatic N) is 1. The third-order valence-corrected chi connectivity index (χ3v) is 8.05. The van der Waals surface area contributed by atoms with Crippen molar-refractivity contribution in [2.24, 2.45) is 16.6 Å². The molecule has 4 atom stereocenters. The minimum atomic E-state index is -1.38. The van der Waals surface area contributed by atoms with Gasteiger partial charge in [-0.15, -0.1) is 0 Å². The molecule has 39 heavy (non-hydrogen) atoms. The van der Waals surface area contributed by atoms with Crippen molar-refractivity contribution in [1.29, 1.82) is 0 Å². The number of benzene rings is 2. The molecule has 1 aliphatic carbocycles. The Labute approximate surface area is 233 Å². The van der Waals surface area contributed by atoms with Crippen LogP contribution in [-0.2, 0) is 16.0 Å². The molecule has 0 radical (unpaired) electrons. The lowest BCUT2D eigenvalue weighted by Crippen LogP contribution is -2.61. The Morgan fingerprint density at radius 1 is 1.08 bits per heavy atom. The normalized spacial score (nSPS) is 23.3. The zero-order valence-electron chi connectivity index (χ0n) is 23.6. The Bertz CT molecular complexity index is 1100. The lowest BCUT2D eigenvalue weighted by atomic mass is 9.58. The van der Waals surface area contributed by atoms with Crippen molar-refractivity contribution in [1.82, 2.24) is 10.2 Å². The van der Waals surface area contributed by atoms with Gasteiger partial charge in [-0.1, -0.05) is 68.5 Å². The lowest BCUT2D eigenvalue weighted by Gasteiger charge is -2.49. The van der Waals surface area contributed by atoms with Crippen LogP contribution >= 0.6 is 0 Å². The second-order valence-corrected chi connectivity index (χ2v) is 10.9. The van der Waals surface area contributed by atoms with E-state index in [-0.39, 0.29) is 24.1 Å². The molecule has 7 heteroatoms. The molecule has 7 nitrogen and oxygen atoms in total. The highest BCUT2D eigenvalue weighted by Crippen LogP contribution is 2.48. The smallest absolute Gasteiger partial charge is 0.231 e. The van der Waals surface area contributed by atoms with Crippen molar-refractivity contribution < 1.29 is 19.8 Å². The first-order chi connectivity index (χ1) is 18.7. The van der Waals surface area contributed by atoms with E-state index in [4.69, 9.17) is 5.73 Å². The molecule has 2 aromatic rings. The maximum absolute atomic E-state index is 14.3. The molecule has 2 amide bonds. The van der Waals surface area contributed by atoms with E-state index in [9.17, 15) is 19.8 Å². The maximum Gasteiger partial charge on any atom is 0.231 e. The number of hydrogen-bond acceptors (Lipinski definition) is 5. The number of carbonyl (C=O) groups is 2. The number of aliphatic hydroxyl groups excluding tert-OH is 1. The first-order valence-electron chi connectivity index (χ1n) is 14.2. The standard InChI is InChI=1S/C32H45N3O4/c1-4-21-35(22-5-2)30(39)31(19-10-20-34-24(3)26-13-15-27(36)16-14-26)17-9-18-32(28(31)37,29(33)38)23-25-11-7-6-8-12-25/h6-9,11-16,18,24,28,34,36-37H,4-5,10,17,19-23H2,1-3H3,(H2,33,38)/t24?,28-,31?,32-/m1/s1. The number of nitrogens with one attached hydrogen (secondary N) is 1. The van der Waals surface area contributed by atoms with Crippen molar-refractivity contribution in [3.63, 3.8) is 0 Å². The highest BCUT2D eigenvalue weighted by molar-refractivity contribution is 5.89. The number of primary amides is 1. The van der Waals surface area contributed by atoms with E-state index in [0.717, 1.165) is 24.0 Å². The predicted octanol–water partition coefficient (Wildman–Crippen LogP) is 4.49. The van der Waals surface area contributed by atoms with Crippen LogP contribution in [0.15, 0.2) is 66.7 Å². The molecule has 0 heterocycles. The Balaban J connectivity index is 1.89. The molecule has 2 unspecified atom stereocenters. The summed E-state index contributed by atoms with van der Waals surface area (Å²) in [4.78, 5) is 29.2. The van der Waals surface area contributed by atoms with Crippen LogP contribution in [-0.4, -0.2) is 52.7 Å². The van der Waals surface area contributed by atoms with E-state index in [2.05, 4.69) is 5.32 Å². The van der Waals surface area contributed by atoms with Gasteiger partial charge >= 0.3 is 0 Å². The minimum Gasteiger partial charge on any atom is -0.508 e. The molecule has 0 aliphatic heterocycles. The van der Waals surface area contributed by atoms with Gasteiger partial charge in [-0.05, 0) is 75.3 Å². The molecular formula is C32H45N3O4. The van der Waals surface area contributed by atoms with Crippen molar-refractivity contribution in [3.8, 4) is 5.75 Å². The first-order valence-corrected chi connectivity index (χ1v) is 14.2. The predicted molar refractivity (Wildman–Crippen MR) is 155 cm³/mol. The molecule has 0 aromatic heterocycles. The third-order valence-electron chi connectivity index (χ3n) is 8.05. The number of carbonyl (C=O) groups excluding carboxylic acids is 2. The lowest BCUT2D eigenvalue weighted by molar-refractivity contribution is -0.162. The van der Waals surface area contributed by atoms with E-state index in [1.807, 2.05) is 74.2 Å². The summed E-state index contributed by atoms with van der Waals surface area (Å²) < 4.78 is 0. The SMILES string of the molecule is CCCN(CCC)C(=O)C1(CCCNC(C)c2ccc(O)cc2)CC=C[C@](Cc2ccccc2)(C(N)=O)[C@@H]1O. The number of allylic oxidation sites excluding steroid dienone is 1. The van der Waals surface area contributed by atoms with Gasteiger partial charge in [0, 0.05) is 19.1 Å². The summed E-state index contributed by atoms with van der Waals surface area (Å²) in [6.07, 6.45) is 5.60. The van der Waals surface area contributed by atoms with E-state index >= 15 is 0 Å². The summed E-state index contributed by atoms with van der Waals surface area (Å²) in [5.74, 6) is -0.500. The zero-order chi connectivity index (χ0) is 28.5. The number of phenols is 1. The fraction of sp³-hybridized carbons (Fsp3) is 0.500. The van der Waals surface area contributed by atoms with E-state index in [1.165, 1.54) is 0 Å². The largest absolute Gasteiger partial charge is 0.508 e. The van der Waals surface area contributed by atoms with Gasteiger partial charge in [0.05, 0.1) is 16.9 Å². The van der Waals surface area contributed by atoms with Gasteiger partial charge in [-0.2, -0.15) is 0 Å². The molecule has 5 N–H and O–H groups in total. The number of amides is 2. The fourth-order valence-electron chi connectivity index (χ4n) is 5.89. The fourth-order valence-corrected chi connectivity index (χ4v) is 5.89. The van der Waals surface area contributed by atoms with Crippen molar-refractivity contribution in [2.45, 2.75) is 71.4 Å². The van der Waals surface area contributed by atoms with Gasteiger partial charge in [0.1, 0.15) is 5.75 Å². The van der Waals surface area contributed by atoms with Crippen molar-refractivity contribution in [3.05, 3.63) is 77.9 Å². The first kappa shape index (κ1) is 30.4. The van der Waals surface area contributed by atoms with Crippen LogP contribution in [0, 0.1) is 10.8 Å². The van der Waals surface area contributed by atoms with Gasteiger partial charge in [0.2, 0.25) is 11.8 Å².